The van der Waals surface area contributed by atoms with E-state index in [4.69, 9.17) is 5.73 Å². The molecule has 0 aliphatic heterocycles. The monoisotopic (exact) mass is 251 g/mol. The van der Waals surface area contributed by atoms with Crippen LogP contribution in [0.4, 0.5) is 5.95 Å². The van der Waals surface area contributed by atoms with Crippen molar-refractivity contribution >= 4 is 11.9 Å². The minimum absolute atomic E-state index is 0.221. The number of rotatable bonds is 5. The molecule has 1 unspecified atom stereocenters. The molecule has 100 valence electrons. The third-order valence-electron chi connectivity index (χ3n) is 2.99. The average Bonchev–Trinajstić information content (AvgIpc) is 2.38. The zero-order chi connectivity index (χ0) is 13.8. The van der Waals surface area contributed by atoms with Gasteiger partial charge in [-0.25, -0.2) is 4.98 Å². The number of anilines is 1. The van der Waals surface area contributed by atoms with Crippen LogP contribution in [0.1, 0.15) is 45.5 Å². The lowest BCUT2D eigenvalue weighted by Crippen LogP contribution is -2.48. The molecule has 1 heterocycles. The Morgan fingerprint density at radius 3 is 2.33 bits per heavy atom. The number of hydrogen-bond donors (Lipinski definition) is 2. The summed E-state index contributed by atoms with van der Waals surface area (Å²) < 4.78 is 0. The largest absolute Gasteiger partial charge is 0.318 e. The SMILES string of the molecule is CCc1nnc(NC(=O)C(C)(N)CC)nc1CC. The second kappa shape index (κ2) is 5.86. The summed E-state index contributed by atoms with van der Waals surface area (Å²) in [6.45, 7) is 7.53. The first-order valence-electron chi connectivity index (χ1n) is 6.27. The lowest BCUT2D eigenvalue weighted by atomic mass is 10.00. The van der Waals surface area contributed by atoms with Crippen LogP contribution in [0.25, 0.3) is 0 Å². The van der Waals surface area contributed by atoms with Gasteiger partial charge in [-0.05, 0) is 26.2 Å². The normalized spacial score (nSPS) is 14.1. The lowest BCUT2D eigenvalue weighted by molar-refractivity contribution is -0.120. The maximum absolute atomic E-state index is 11.9. The van der Waals surface area contributed by atoms with E-state index in [1.807, 2.05) is 20.8 Å². The Labute approximate surface area is 107 Å². The van der Waals surface area contributed by atoms with E-state index in [0.29, 0.717) is 6.42 Å². The van der Waals surface area contributed by atoms with Gasteiger partial charge in [0.1, 0.15) is 0 Å². The quantitative estimate of drug-likeness (QED) is 0.816. The molecule has 0 aromatic carbocycles. The van der Waals surface area contributed by atoms with Crippen molar-refractivity contribution in [2.45, 2.75) is 52.5 Å². The second-order valence-electron chi connectivity index (χ2n) is 4.46. The van der Waals surface area contributed by atoms with Crippen LogP contribution in [-0.2, 0) is 17.6 Å². The standard InChI is InChI=1S/C12H21N5O/c1-5-8-9(6-2)16-17-11(14-8)15-10(18)12(4,13)7-3/h5-7,13H2,1-4H3,(H,14,15,17,18). The van der Waals surface area contributed by atoms with E-state index in [9.17, 15) is 4.79 Å². The Morgan fingerprint density at radius 1 is 1.22 bits per heavy atom. The molecular weight excluding hydrogens is 230 g/mol. The summed E-state index contributed by atoms with van der Waals surface area (Å²) in [5.41, 5.74) is 6.65. The van der Waals surface area contributed by atoms with Crippen molar-refractivity contribution in [2.24, 2.45) is 5.73 Å². The van der Waals surface area contributed by atoms with Crippen molar-refractivity contribution < 1.29 is 4.79 Å². The Hall–Kier alpha value is -1.56. The second-order valence-corrected chi connectivity index (χ2v) is 4.46. The Bertz CT molecular complexity index is 430. The molecule has 1 aromatic rings. The Balaban J connectivity index is 2.89. The van der Waals surface area contributed by atoms with Crippen molar-refractivity contribution in [3.63, 3.8) is 0 Å². The van der Waals surface area contributed by atoms with Gasteiger partial charge in [-0.3, -0.25) is 10.1 Å². The molecule has 0 bridgehead atoms. The van der Waals surface area contributed by atoms with Gasteiger partial charge in [0.2, 0.25) is 11.9 Å². The van der Waals surface area contributed by atoms with Crippen molar-refractivity contribution in [3.8, 4) is 0 Å². The van der Waals surface area contributed by atoms with Gasteiger partial charge in [0.05, 0.1) is 16.9 Å². The van der Waals surface area contributed by atoms with Gasteiger partial charge in [0.15, 0.2) is 0 Å². The summed E-state index contributed by atoms with van der Waals surface area (Å²) in [5, 5.41) is 10.6. The minimum atomic E-state index is -0.917. The number of nitrogens with two attached hydrogens (primary N) is 1. The first kappa shape index (κ1) is 14.5. The first-order chi connectivity index (χ1) is 8.44. The van der Waals surface area contributed by atoms with Gasteiger partial charge >= 0.3 is 0 Å². The molecule has 0 fully saturated rings. The van der Waals surface area contributed by atoms with E-state index in [2.05, 4.69) is 20.5 Å². The van der Waals surface area contributed by atoms with Gasteiger partial charge in [0.25, 0.3) is 0 Å². The molecule has 0 saturated heterocycles. The fourth-order valence-corrected chi connectivity index (χ4v) is 1.40. The Morgan fingerprint density at radius 2 is 1.83 bits per heavy atom. The van der Waals surface area contributed by atoms with E-state index in [1.165, 1.54) is 0 Å². The van der Waals surface area contributed by atoms with Crippen LogP contribution in [0.15, 0.2) is 0 Å². The third kappa shape index (κ3) is 3.22. The highest BCUT2D eigenvalue weighted by atomic mass is 16.2. The molecule has 1 amide bonds. The predicted molar refractivity (Wildman–Crippen MR) is 70.1 cm³/mol. The third-order valence-corrected chi connectivity index (χ3v) is 2.99. The number of amides is 1. The number of nitrogens with zero attached hydrogens (tertiary/aromatic N) is 3. The van der Waals surface area contributed by atoms with Crippen LogP contribution >= 0.6 is 0 Å². The number of carbonyl (C=O) groups excluding carboxylic acids is 1. The maximum Gasteiger partial charge on any atom is 0.249 e. The Kier molecular flexibility index (Phi) is 4.72. The highest BCUT2D eigenvalue weighted by molar-refractivity contribution is 5.96. The summed E-state index contributed by atoms with van der Waals surface area (Å²) in [5.74, 6) is -0.0720. The maximum atomic E-state index is 11.9. The van der Waals surface area contributed by atoms with Crippen molar-refractivity contribution in [3.05, 3.63) is 11.4 Å². The van der Waals surface area contributed by atoms with Gasteiger partial charge in [-0.2, -0.15) is 0 Å². The van der Waals surface area contributed by atoms with Crippen LogP contribution < -0.4 is 11.1 Å². The van der Waals surface area contributed by atoms with E-state index < -0.39 is 5.54 Å². The average molecular weight is 251 g/mol. The predicted octanol–water partition coefficient (Wildman–Crippen LogP) is 1.06. The van der Waals surface area contributed by atoms with Crippen molar-refractivity contribution in [2.75, 3.05) is 5.32 Å². The number of nitrogens with one attached hydrogen (secondary N) is 1. The molecule has 1 rings (SSSR count). The van der Waals surface area contributed by atoms with Gasteiger partial charge in [-0.1, -0.05) is 20.8 Å². The molecule has 0 aliphatic carbocycles. The summed E-state index contributed by atoms with van der Waals surface area (Å²) >= 11 is 0. The van der Waals surface area contributed by atoms with Crippen LogP contribution in [0.3, 0.4) is 0 Å². The number of hydrogen-bond acceptors (Lipinski definition) is 5. The van der Waals surface area contributed by atoms with Crippen LogP contribution in [0.5, 0.6) is 0 Å². The summed E-state index contributed by atoms with van der Waals surface area (Å²) in [7, 11) is 0. The molecule has 0 aliphatic rings. The zero-order valence-corrected chi connectivity index (χ0v) is 11.4. The molecule has 0 spiro atoms. The number of aromatic nitrogens is 3. The van der Waals surface area contributed by atoms with Gasteiger partial charge < -0.3 is 5.73 Å². The molecule has 6 nitrogen and oxygen atoms in total. The van der Waals surface area contributed by atoms with E-state index >= 15 is 0 Å². The zero-order valence-electron chi connectivity index (χ0n) is 11.4. The molecule has 1 atom stereocenters. The van der Waals surface area contributed by atoms with E-state index in [0.717, 1.165) is 24.2 Å². The van der Waals surface area contributed by atoms with E-state index in [1.54, 1.807) is 6.92 Å². The molecule has 6 heteroatoms. The van der Waals surface area contributed by atoms with Crippen LogP contribution in [0.2, 0.25) is 0 Å². The topological polar surface area (TPSA) is 93.8 Å². The van der Waals surface area contributed by atoms with E-state index in [-0.39, 0.29) is 11.9 Å². The summed E-state index contributed by atoms with van der Waals surface area (Å²) in [6, 6.07) is 0. The fraction of sp³-hybridized carbons (Fsp3) is 0.667. The van der Waals surface area contributed by atoms with Crippen molar-refractivity contribution in [1.82, 2.24) is 15.2 Å². The molecule has 0 saturated carbocycles. The summed E-state index contributed by atoms with van der Waals surface area (Å²) in [4.78, 5) is 16.2. The highest BCUT2D eigenvalue weighted by Crippen LogP contribution is 2.10. The molecular formula is C12H21N5O. The minimum Gasteiger partial charge on any atom is -0.318 e. The van der Waals surface area contributed by atoms with Gasteiger partial charge in [-0.15, -0.1) is 10.2 Å². The number of aryl methyl sites for hydroxylation is 2. The summed E-state index contributed by atoms with van der Waals surface area (Å²) in [6.07, 6.45) is 2.08. The van der Waals surface area contributed by atoms with Crippen molar-refractivity contribution in [1.29, 1.82) is 0 Å². The first-order valence-corrected chi connectivity index (χ1v) is 6.27. The van der Waals surface area contributed by atoms with Crippen LogP contribution in [0, 0.1) is 0 Å². The molecule has 1 aromatic heterocycles. The molecule has 3 N–H and O–H groups in total. The lowest BCUT2D eigenvalue weighted by Gasteiger charge is -2.20. The van der Waals surface area contributed by atoms with Crippen LogP contribution in [-0.4, -0.2) is 26.6 Å². The fourth-order valence-electron chi connectivity index (χ4n) is 1.40. The highest BCUT2D eigenvalue weighted by Gasteiger charge is 2.26. The van der Waals surface area contributed by atoms with Gasteiger partial charge in [0, 0.05) is 0 Å². The number of carbonyl (C=O) groups is 1. The molecule has 18 heavy (non-hydrogen) atoms. The molecule has 0 radical (unpaired) electrons. The smallest absolute Gasteiger partial charge is 0.249 e.